The Morgan fingerprint density at radius 3 is 2.43 bits per heavy atom. The fourth-order valence-electron chi connectivity index (χ4n) is 4.71. The summed E-state index contributed by atoms with van der Waals surface area (Å²) < 4.78 is 42.4. The number of nitriles is 3. The Morgan fingerprint density at radius 1 is 1.20 bits per heavy atom. The lowest BCUT2D eigenvalue weighted by molar-refractivity contribution is -0.105. The zero-order chi connectivity index (χ0) is 22.1. The second-order valence-electron chi connectivity index (χ2n) is 7.52. The van der Waals surface area contributed by atoms with E-state index < -0.39 is 34.7 Å². The lowest BCUT2D eigenvalue weighted by Gasteiger charge is -2.47. The number of hydrogen-bond donors (Lipinski definition) is 1. The van der Waals surface area contributed by atoms with E-state index in [0.29, 0.717) is 18.7 Å². The summed E-state index contributed by atoms with van der Waals surface area (Å²) in [6, 6.07) is 11.5. The molecule has 5 nitrogen and oxygen atoms in total. The van der Waals surface area contributed by atoms with Crippen molar-refractivity contribution < 1.29 is 13.2 Å². The van der Waals surface area contributed by atoms with Crippen molar-refractivity contribution in [2.75, 3.05) is 19.6 Å². The molecule has 1 aliphatic heterocycles. The normalized spacial score (nSPS) is 23.6. The van der Waals surface area contributed by atoms with Crippen LogP contribution in [0.3, 0.4) is 0 Å². The standard InChI is InChI=1S/C22H20F3N5/c1-2-8-30-9-7-16-17(11-30)18(15-6-4-3-5-14(15)10-26)21(12-27,13-28)20(19(16)29)22(23,24)25/h3-7,17-18H,2,8-9,11,29H2,1H3/t17-,18?/m0/s1. The Labute approximate surface area is 173 Å². The van der Waals surface area contributed by atoms with E-state index in [2.05, 4.69) is 4.90 Å². The number of alkyl halides is 3. The number of rotatable bonds is 3. The monoisotopic (exact) mass is 411 g/mol. The van der Waals surface area contributed by atoms with Gasteiger partial charge in [0.15, 0.2) is 5.41 Å². The quantitative estimate of drug-likeness (QED) is 0.817. The van der Waals surface area contributed by atoms with Gasteiger partial charge in [-0.15, -0.1) is 0 Å². The van der Waals surface area contributed by atoms with E-state index in [4.69, 9.17) is 5.73 Å². The Balaban J connectivity index is 2.38. The fraction of sp³-hybridized carbons (Fsp3) is 0.409. The summed E-state index contributed by atoms with van der Waals surface area (Å²) in [5.74, 6) is -1.80. The maximum atomic E-state index is 14.1. The third kappa shape index (κ3) is 3.22. The predicted octanol–water partition coefficient (Wildman–Crippen LogP) is 3.73. The van der Waals surface area contributed by atoms with Crippen molar-refractivity contribution in [3.05, 3.63) is 58.3 Å². The van der Waals surface area contributed by atoms with E-state index in [1.807, 2.05) is 13.0 Å². The molecule has 2 atom stereocenters. The first-order valence-electron chi connectivity index (χ1n) is 9.56. The van der Waals surface area contributed by atoms with Gasteiger partial charge >= 0.3 is 6.18 Å². The van der Waals surface area contributed by atoms with Gasteiger partial charge in [-0.1, -0.05) is 31.2 Å². The SMILES string of the molecule is CCCN1CC=C2C(N)=C(C(F)(F)F)C(C#N)(C#N)C(c3ccccc3C#N)[C@H]2C1. The second-order valence-corrected chi connectivity index (χ2v) is 7.52. The number of nitrogens with zero attached hydrogens (tertiary/aromatic N) is 4. The van der Waals surface area contributed by atoms with Gasteiger partial charge in [0.25, 0.3) is 0 Å². The highest BCUT2D eigenvalue weighted by Crippen LogP contribution is 2.58. The van der Waals surface area contributed by atoms with Crippen LogP contribution in [0.1, 0.15) is 30.4 Å². The van der Waals surface area contributed by atoms with E-state index in [1.54, 1.807) is 30.3 Å². The van der Waals surface area contributed by atoms with Crippen LogP contribution < -0.4 is 5.73 Å². The average Bonchev–Trinajstić information content (AvgIpc) is 2.72. The highest BCUT2D eigenvalue weighted by atomic mass is 19.4. The Hall–Kier alpha value is -3.28. The number of nitrogens with two attached hydrogens (primary N) is 1. The third-order valence-corrected chi connectivity index (χ3v) is 5.86. The van der Waals surface area contributed by atoms with Crippen molar-refractivity contribution in [2.45, 2.75) is 25.4 Å². The second kappa shape index (κ2) is 7.86. The number of halogens is 3. The molecule has 0 saturated heterocycles. The van der Waals surface area contributed by atoms with E-state index in [1.165, 1.54) is 12.1 Å². The van der Waals surface area contributed by atoms with Crippen LogP contribution in [0.15, 0.2) is 47.2 Å². The first-order valence-corrected chi connectivity index (χ1v) is 9.56. The molecule has 8 heteroatoms. The molecule has 1 aliphatic carbocycles. The maximum absolute atomic E-state index is 14.1. The van der Waals surface area contributed by atoms with Crippen LogP contribution in [-0.2, 0) is 0 Å². The summed E-state index contributed by atoms with van der Waals surface area (Å²) in [6.45, 7) is 3.49. The van der Waals surface area contributed by atoms with Crippen molar-refractivity contribution in [3.8, 4) is 18.2 Å². The van der Waals surface area contributed by atoms with Crippen LogP contribution in [-0.4, -0.2) is 30.7 Å². The maximum Gasteiger partial charge on any atom is 0.417 e. The van der Waals surface area contributed by atoms with Crippen LogP contribution in [0.4, 0.5) is 13.2 Å². The van der Waals surface area contributed by atoms with Crippen molar-refractivity contribution in [3.63, 3.8) is 0 Å². The van der Waals surface area contributed by atoms with Crippen LogP contribution in [0.25, 0.3) is 0 Å². The minimum Gasteiger partial charge on any atom is -0.398 e. The van der Waals surface area contributed by atoms with Crippen LogP contribution in [0.2, 0.25) is 0 Å². The first-order chi connectivity index (χ1) is 14.2. The molecule has 1 unspecified atom stereocenters. The van der Waals surface area contributed by atoms with Crippen LogP contribution in [0.5, 0.6) is 0 Å². The number of fused-ring (bicyclic) bond motifs is 1. The van der Waals surface area contributed by atoms with Crippen LogP contribution >= 0.6 is 0 Å². The number of benzene rings is 1. The van der Waals surface area contributed by atoms with Gasteiger partial charge in [-0.25, -0.2) is 0 Å². The lowest BCUT2D eigenvalue weighted by atomic mass is 9.56. The molecule has 1 aromatic rings. The van der Waals surface area contributed by atoms with E-state index in [0.717, 1.165) is 13.0 Å². The van der Waals surface area contributed by atoms with Crippen molar-refractivity contribution in [1.82, 2.24) is 4.90 Å². The van der Waals surface area contributed by atoms with E-state index in [9.17, 15) is 29.0 Å². The molecular formula is C22H20F3N5. The average molecular weight is 411 g/mol. The molecule has 1 aromatic carbocycles. The molecule has 2 aliphatic rings. The molecule has 0 radical (unpaired) electrons. The summed E-state index contributed by atoms with van der Waals surface area (Å²) in [6.07, 6.45) is -2.47. The van der Waals surface area contributed by atoms with Crippen molar-refractivity contribution >= 4 is 0 Å². The Morgan fingerprint density at radius 2 is 1.87 bits per heavy atom. The van der Waals surface area contributed by atoms with Gasteiger partial charge < -0.3 is 5.73 Å². The summed E-state index contributed by atoms with van der Waals surface area (Å²) in [5.41, 5.74) is 2.25. The highest BCUT2D eigenvalue weighted by molar-refractivity contribution is 5.58. The molecule has 0 saturated carbocycles. The van der Waals surface area contributed by atoms with Crippen LogP contribution in [0, 0.1) is 45.3 Å². The zero-order valence-electron chi connectivity index (χ0n) is 16.4. The molecule has 3 rings (SSSR count). The van der Waals surface area contributed by atoms with Gasteiger partial charge in [0.05, 0.1) is 29.3 Å². The molecule has 30 heavy (non-hydrogen) atoms. The third-order valence-electron chi connectivity index (χ3n) is 5.86. The zero-order valence-corrected chi connectivity index (χ0v) is 16.4. The molecule has 2 N–H and O–H groups in total. The van der Waals surface area contributed by atoms with Crippen molar-refractivity contribution in [1.29, 1.82) is 15.8 Å². The molecule has 0 aromatic heterocycles. The molecule has 0 fully saturated rings. The first kappa shape index (κ1) is 21.4. The van der Waals surface area contributed by atoms with Gasteiger partial charge in [-0.2, -0.15) is 29.0 Å². The minimum atomic E-state index is -4.97. The summed E-state index contributed by atoms with van der Waals surface area (Å²) in [5, 5.41) is 29.5. The topological polar surface area (TPSA) is 101 Å². The van der Waals surface area contributed by atoms with Gasteiger partial charge in [0, 0.05) is 30.6 Å². The molecule has 1 heterocycles. The molecule has 0 spiro atoms. The smallest absolute Gasteiger partial charge is 0.398 e. The molecular weight excluding hydrogens is 391 g/mol. The number of hydrogen-bond acceptors (Lipinski definition) is 5. The van der Waals surface area contributed by atoms with Gasteiger partial charge in [-0.05, 0) is 30.2 Å². The van der Waals surface area contributed by atoms with Gasteiger partial charge in [0.2, 0.25) is 0 Å². The largest absolute Gasteiger partial charge is 0.417 e. The van der Waals surface area contributed by atoms with Gasteiger partial charge in [-0.3, -0.25) is 4.90 Å². The fourth-order valence-corrected chi connectivity index (χ4v) is 4.71. The van der Waals surface area contributed by atoms with E-state index >= 15 is 0 Å². The summed E-state index contributed by atoms with van der Waals surface area (Å²) in [4.78, 5) is 2.06. The summed E-state index contributed by atoms with van der Waals surface area (Å²) >= 11 is 0. The predicted molar refractivity (Wildman–Crippen MR) is 103 cm³/mol. The van der Waals surface area contributed by atoms with E-state index in [-0.39, 0.29) is 11.1 Å². The lowest BCUT2D eigenvalue weighted by Crippen LogP contribution is -2.50. The number of allylic oxidation sites excluding steroid dienone is 2. The Kier molecular flexibility index (Phi) is 5.61. The highest BCUT2D eigenvalue weighted by Gasteiger charge is 2.62. The minimum absolute atomic E-state index is 0.145. The van der Waals surface area contributed by atoms with Gasteiger partial charge in [0.1, 0.15) is 0 Å². The molecule has 0 amide bonds. The molecule has 0 bridgehead atoms. The molecule has 154 valence electrons. The Bertz CT molecular complexity index is 1020. The summed E-state index contributed by atoms with van der Waals surface area (Å²) in [7, 11) is 0. The van der Waals surface area contributed by atoms with Crippen molar-refractivity contribution in [2.24, 2.45) is 17.1 Å².